The number of ether oxygens (including phenoxy) is 1. The first kappa shape index (κ1) is 31.7. The Bertz CT molecular complexity index is 735. The predicted octanol–water partition coefficient (Wildman–Crippen LogP) is 8.47. The van der Waals surface area contributed by atoms with Crippen molar-refractivity contribution in [1.82, 2.24) is 4.90 Å². The van der Waals surface area contributed by atoms with Crippen molar-refractivity contribution in [2.45, 2.75) is 129 Å². The van der Waals surface area contributed by atoms with Crippen molar-refractivity contribution in [3.8, 4) is 0 Å². The Kier molecular flexibility index (Phi) is 15.1. The molecule has 0 radical (unpaired) electrons. The number of esters is 1. The van der Waals surface area contributed by atoms with E-state index in [1.807, 2.05) is 0 Å². The van der Waals surface area contributed by atoms with E-state index in [1.54, 1.807) is 20.0 Å². The van der Waals surface area contributed by atoms with Crippen LogP contribution in [0.5, 0.6) is 0 Å². The van der Waals surface area contributed by atoms with Crippen molar-refractivity contribution in [3.05, 3.63) is 36.0 Å². The zero-order valence-electron chi connectivity index (χ0n) is 23.2. The molecular formula is C30H49AuClN2O2-. The topological polar surface area (TPSA) is 32.8 Å². The normalized spacial score (nSPS) is 21.1. The van der Waals surface area contributed by atoms with E-state index in [0.717, 1.165) is 6.54 Å². The van der Waals surface area contributed by atoms with Crippen molar-refractivity contribution in [3.63, 3.8) is 0 Å². The van der Waals surface area contributed by atoms with Gasteiger partial charge in [0.15, 0.2) is 0 Å². The van der Waals surface area contributed by atoms with Crippen molar-refractivity contribution >= 4 is 20.8 Å². The second-order valence-electron chi connectivity index (χ2n) is 11.2. The fourth-order valence-corrected chi connectivity index (χ4v) is 5.84. The van der Waals surface area contributed by atoms with Gasteiger partial charge in [-0.3, -0.25) is 4.79 Å². The molecular weight excluding hydrogens is 653 g/mol. The monoisotopic (exact) mass is 701 g/mol. The van der Waals surface area contributed by atoms with E-state index < -0.39 is 0 Å². The third-order valence-corrected chi connectivity index (χ3v) is 7.86. The molecule has 0 bridgehead atoms. The summed E-state index contributed by atoms with van der Waals surface area (Å²) >= 11 is 1.75. The van der Waals surface area contributed by atoms with Crippen LogP contribution in [-0.4, -0.2) is 36.6 Å². The Hall–Kier alpha value is -0.520. The Morgan fingerprint density at radius 1 is 0.944 bits per heavy atom. The maximum absolute atomic E-state index is 12.4. The quantitative estimate of drug-likeness (QED) is 0.169. The van der Waals surface area contributed by atoms with Gasteiger partial charge in [-0.25, -0.2) is 0 Å². The van der Waals surface area contributed by atoms with Gasteiger partial charge in [-0.2, -0.15) is 6.67 Å². The van der Waals surface area contributed by atoms with Crippen molar-refractivity contribution < 1.29 is 29.5 Å². The predicted molar refractivity (Wildman–Crippen MR) is 149 cm³/mol. The minimum atomic E-state index is -0.114. The van der Waals surface area contributed by atoms with Crippen molar-refractivity contribution in [2.24, 2.45) is 0 Å². The third kappa shape index (κ3) is 9.34. The number of hydrogen-bond donors (Lipinski definition) is 0. The summed E-state index contributed by atoms with van der Waals surface area (Å²) in [5, 5.41) is 0. The molecule has 1 aromatic rings. The first-order valence-electron chi connectivity index (χ1n) is 14.1. The van der Waals surface area contributed by atoms with Crippen LogP contribution in [0.4, 0.5) is 5.69 Å². The van der Waals surface area contributed by atoms with E-state index in [2.05, 4.69) is 71.6 Å². The second-order valence-corrected chi connectivity index (χ2v) is 11.2. The molecule has 1 atom stereocenters. The summed E-state index contributed by atoms with van der Waals surface area (Å²) in [4.78, 5) is 17.5. The number of carbonyl (C=O) groups is 1. The van der Waals surface area contributed by atoms with Crippen LogP contribution >= 0.6 is 9.19 Å². The molecule has 1 aromatic carbocycles. The minimum absolute atomic E-state index is 0.114. The molecule has 0 aromatic heterocycles. The fraction of sp³-hybridized carbons (Fsp3) is 0.733. The van der Waals surface area contributed by atoms with Crippen LogP contribution < -0.4 is 4.90 Å². The first-order chi connectivity index (χ1) is 17.4. The number of carbonyl (C=O) groups excluding carboxylic acids is 1. The number of anilines is 1. The number of benzene rings is 1. The molecule has 210 valence electrons. The molecule has 4 nitrogen and oxygen atoms in total. The van der Waals surface area contributed by atoms with Gasteiger partial charge >= 0.3 is 35.1 Å². The summed E-state index contributed by atoms with van der Waals surface area (Å²) < 4.78 is 5.13. The fourth-order valence-electron chi connectivity index (χ4n) is 5.84. The molecule has 1 saturated heterocycles. The zero-order valence-corrected chi connectivity index (χ0v) is 26.1. The van der Waals surface area contributed by atoms with Gasteiger partial charge in [-0.1, -0.05) is 104 Å². The third-order valence-electron chi connectivity index (χ3n) is 7.86. The van der Waals surface area contributed by atoms with Gasteiger partial charge in [0.05, 0.1) is 13.5 Å². The van der Waals surface area contributed by atoms with Gasteiger partial charge in [-0.05, 0) is 48.4 Å². The van der Waals surface area contributed by atoms with Crippen LogP contribution in [0, 0.1) is 6.67 Å². The molecule has 1 saturated carbocycles. The molecule has 1 aliphatic carbocycles. The molecule has 36 heavy (non-hydrogen) atoms. The van der Waals surface area contributed by atoms with Gasteiger partial charge in [0, 0.05) is 11.7 Å². The van der Waals surface area contributed by atoms with Crippen molar-refractivity contribution in [1.29, 1.82) is 0 Å². The molecule has 2 aliphatic rings. The Morgan fingerprint density at radius 2 is 1.42 bits per heavy atom. The van der Waals surface area contributed by atoms with Crippen LogP contribution in [0.1, 0.15) is 128 Å². The summed E-state index contributed by atoms with van der Waals surface area (Å²) in [7, 11) is 6.09. The SMILES string of the molecule is COC(=O)CC1CN(C2CCCCCCCCCCC2)[CH-]N1c1c(C(C)C)cccc1C(C)C.[Cl][Au]. The molecule has 1 aliphatic heterocycles. The van der Waals surface area contributed by atoms with E-state index >= 15 is 0 Å². The Labute approximate surface area is 237 Å². The first-order valence-corrected chi connectivity index (χ1v) is 16.8. The molecule has 1 unspecified atom stereocenters. The van der Waals surface area contributed by atoms with Gasteiger partial charge < -0.3 is 14.5 Å². The molecule has 1 heterocycles. The summed E-state index contributed by atoms with van der Waals surface area (Å²) in [6, 6.07) is 7.43. The van der Waals surface area contributed by atoms with Crippen LogP contribution in [0.3, 0.4) is 0 Å². The van der Waals surface area contributed by atoms with Gasteiger partial charge in [0.1, 0.15) is 0 Å². The zero-order chi connectivity index (χ0) is 26.5. The van der Waals surface area contributed by atoms with E-state index in [0.29, 0.717) is 24.3 Å². The second kappa shape index (κ2) is 17.1. The summed E-state index contributed by atoms with van der Waals surface area (Å²) in [5.41, 5.74) is 4.06. The number of halogens is 1. The standard InChI is InChI=1S/C30H49N2O2.Au.ClH/c1-23(2)27-18-15-19-28(24(3)4)30(27)32-22-31(21-26(32)20-29(33)34-5)25-16-13-11-9-7-6-8-10-12-14-17-25;;/h15,18-19,22-26H,6-14,16-17,20-21H2,1-5H3;;1H/q-1;+1;/p-1. The van der Waals surface area contributed by atoms with Crippen molar-refractivity contribution in [2.75, 3.05) is 18.6 Å². The van der Waals surface area contributed by atoms with E-state index in [9.17, 15) is 4.79 Å². The van der Waals surface area contributed by atoms with E-state index in [-0.39, 0.29) is 12.0 Å². The number of rotatable bonds is 6. The number of para-hydroxylation sites is 1. The molecule has 6 heteroatoms. The molecule has 2 fully saturated rings. The van der Waals surface area contributed by atoms with Crippen LogP contribution in [-0.2, 0) is 29.5 Å². The summed E-state index contributed by atoms with van der Waals surface area (Å²) in [6.45, 7) is 12.4. The Balaban J connectivity index is 0.00000222. The number of methoxy groups -OCH3 is 1. The van der Waals surface area contributed by atoms with Crippen LogP contribution in [0.25, 0.3) is 0 Å². The van der Waals surface area contributed by atoms with Gasteiger partial charge in [0.25, 0.3) is 0 Å². The molecule has 3 rings (SSSR count). The average molecular weight is 702 g/mol. The summed E-state index contributed by atoms with van der Waals surface area (Å²) in [6.07, 6.45) is 15.3. The van der Waals surface area contributed by atoms with Crippen LogP contribution in [0.15, 0.2) is 18.2 Å². The van der Waals surface area contributed by atoms with E-state index in [1.165, 1.54) is 94.6 Å². The summed E-state index contributed by atoms with van der Waals surface area (Å²) in [5.74, 6) is 0.740. The number of nitrogens with zero attached hydrogens (tertiary/aromatic N) is 2. The van der Waals surface area contributed by atoms with Gasteiger partial charge in [0.2, 0.25) is 0 Å². The molecule has 0 amide bonds. The van der Waals surface area contributed by atoms with Crippen LogP contribution in [0.2, 0.25) is 0 Å². The Morgan fingerprint density at radius 3 is 1.86 bits per heavy atom. The van der Waals surface area contributed by atoms with E-state index in [4.69, 9.17) is 4.74 Å². The van der Waals surface area contributed by atoms with Gasteiger partial charge in [-0.15, -0.1) is 0 Å². The molecule has 0 spiro atoms. The number of hydrogen-bond acceptors (Lipinski definition) is 4. The average Bonchev–Trinajstić information content (AvgIpc) is 3.28. The molecule has 0 N–H and O–H groups in total. The maximum atomic E-state index is 12.4.